The molecule has 0 radical (unpaired) electrons. The Bertz CT molecular complexity index is 298. The molecule has 0 fully saturated rings. The van der Waals surface area contributed by atoms with Crippen LogP contribution in [0.3, 0.4) is 0 Å². The highest BCUT2D eigenvalue weighted by atomic mass is 28.4. The van der Waals surface area contributed by atoms with E-state index in [0.717, 1.165) is 0 Å². The molecule has 0 aromatic heterocycles. The van der Waals surface area contributed by atoms with Crippen LogP contribution in [0.4, 0.5) is 0 Å². The monoisotopic (exact) mass is 242 g/mol. The van der Waals surface area contributed by atoms with Gasteiger partial charge >= 0.3 is 5.97 Å². The zero-order chi connectivity index (χ0) is 13.0. The lowest BCUT2D eigenvalue weighted by molar-refractivity contribution is -0.135. The van der Waals surface area contributed by atoms with E-state index in [1.54, 1.807) is 6.08 Å². The van der Waals surface area contributed by atoms with Gasteiger partial charge in [-0.2, -0.15) is 0 Å². The van der Waals surface area contributed by atoms with Gasteiger partial charge in [0.05, 0.1) is 12.0 Å². The molecule has 0 aromatic carbocycles. The first kappa shape index (κ1) is 15.0. The van der Waals surface area contributed by atoms with Crippen LogP contribution >= 0.6 is 0 Å². The molecule has 4 heteroatoms. The Morgan fingerprint density at radius 2 is 1.81 bits per heavy atom. The van der Waals surface area contributed by atoms with Crippen LogP contribution in [0.5, 0.6) is 0 Å². The predicted octanol–water partition coefficient (Wildman–Crippen LogP) is 3.60. The Kier molecular flexibility index (Phi) is 5.00. The third-order valence-electron chi connectivity index (χ3n) is 2.68. The van der Waals surface area contributed by atoms with Gasteiger partial charge in [-0.05, 0) is 18.1 Å². The minimum Gasteiger partial charge on any atom is -0.544 e. The zero-order valence-electron chi connectivity index (χ0n) is 11.1. The van der Waals surface area contributed by atoms with E-state index < -0.39 is 8.32 Å². The van der Waals surface area contributed by atoms with Crippen molar-refractivity contribution >= 4 is 14.3 Å². The predicted molar refractivity (Wildman–Crippen MR) is 68.3 cm³/mol. The highest BCUT2D eigenvalue weighted by Gasteiger charge is 2.38. The number of rotatable bonds is 4. The van der Waals surface area contributed by atoms with Crippen LogP contribution in [0.2, 0.25) is 18.1 Å². The molecule has 0 amide bonds. The fourth-order valence-corrected chi connectivity index (χ4v) is 1.75. The SMILES string of the molecule is C=C(/C=C/OC(C)=O)O[Si](C)(C)C(C)(C)C. The number of allylic oxidation sites excluding steroid dienone is 1. The van der Waals surface area contributed by atoms with Gasteiger partial charge in [-0.25, -0.2) is 0 Å². The van der Waals surface area contributed by atoms with E-state index in [1.807, 2.05) is 0 Å². The molecule has 0 aliphatic carbocycles. The molecule has 0 unspecified atom stereocenters. The lowest BCUT2D eigenvalue weighted by Gasteiger charge is -2.36. The molecule has 0 N–H and O–H groups in total. The molecule has 0 atom stereocenters. The minimum absolute atomic E-state index is 0.130. The number of carbonyl (C=O) groups excluding carboxylic acids is 1. The number of carbonyl (C=O) groups is 1. The van der Waals surface area contributed by atoms with Crippen molar-refractivity contribution in [1.82, 2.24) is 0 Å². The molecule has 0 bridgehead atoms. The van der Waals surface area contributed by atoms with E-state index in [1.165, 1.54) is 13.2 Å². The summed E-state index contributed by atoms with van der Waals surface area (Å²) in [5, 5.41) is 0.130. The fourth-order valence-electron chi connectivity index (χ4n) is 0.721. The summed E-state index contributed by atoms with van der Waals surface area (Å²) in [6, 6.07) is 0. The highest BCUT2D eigenvalue weighted by molar-refractivity contribution is 6.74. The van der Waals surface area contributed by atoms with Gasteiger partial charge in [0, 0.05) is 13.0 Å². The summed E-state index contributed by atoms with van der Waals surface area (Å²) in [5.74, 6) is 0.184. The average Bonchev–Trinajstić information content (AvgIpc) is 1.99. The molecule has 0 aromatic rings. The maximum absolute atomic E-state index is 10.5. The van der Waals surface area contributed by atoms with Crippen molar-refractivity contribution in [2.45, 2.75) is 45.8 Å². The second-order valence-corrected chi connectivity index (χ2v) is 9.97. The zero-order valence-corrected chi connectivity index (χ0v) is 12.1. The van der Waals surface area contributed by atoms with E-state index in [-0.39, 0.29) is 11.0 Å². The molecule has 92 valence electrons. The normalized spacial score (nSPS) is 12.6. The van der Waals surface area contributed by atoms with Crippen molar-refractivity contribution in [2.24, 2.45) is 0 Å². The van der Waals surface area contributed by atoms with Crippen molar-refractivity contribution in [1.29, 1.82) is 0 Å². The van der Waals surface area contributed by atoms with Crippen LogP contribution in [0.1, 0.15) is 27.7 Å². The standard InChI is InChI=1S/C12H22O3Si/c1-10(8-9-14-11(2)13)15-16(6,7)12(3,4)5/h8-9H,1H2,2-7H3/b9-8+. The Hall–Kier alpha value is -1.03. The number of hydrogen-bond donors (Lipinski definition) is 0. The van der Waals surface area contributed by atoms with Crippen molar-refractivity contribution in [2.75, 3.05) is 0 Å². The fraction of sp³-hybridized carbons (Fsp3) is 0.583. The van der Waals surface area contributed by atoms with Crippen LogP contribution in [-0.2, 0) is 14.0 Å². The van der Waals surface area contributed by atoms with Crippen LogP contribution in [-0.4, -0.2) is 14.3 Å². The van der Waals surface area contributed by atoms with Crippen molar-refractivity contribution in [3.05, 3.63) is 24.7 Å². The first-order chi connectivity index (χ1) is 7.06. The van der Waals surface area contributed by atoms with Gasteiger partial charge in [-0.1, -0.05) is 27.4 Å². The largest absolute Gasteiger partial charge is 0.544 e. The van der Waals surface area contributed by atoms with Gasteiger partial charge < -0.3 is 9.16 Å². The van der Waals surface area contributed by atoms with E-state index in [9.17, 15) is 4.79 Å². The molecule has 0 saturated carbocycles. The molecule has 0 aliphatic heterocycles. The summed E-state index contributed by atoms with van der Waals surface area (Å²) in [6.45, 7) is 15.9. The average molecular weight is 242 g/mol. The molecule has 0 aliphatic rings. The van der Waals surface area contributed by atoms with Gasteiger partial charge in [-0.3, -0.25) is 4.79 Å². The molecule has 0 spiro atoms. The quantitative estimate of drug-likeness (QED) is 0.327. The summed E-state index contributed by atoms with van der Waals surface area (Å²) in [7, 11) is -1.84. The molecule has 0 rings (SSSR count). The number of esters is 1. The molecule has 3 nitrogen and oxygen atoms in total. The second kappa shape index (κ2) is 5.34. The summed E-state index contributed by atoms with van der Waals surface area (Å²) >= 11 is 0. The summed E-state index contributed by atoms with van der Waals surface area (Å²) in [5.41, 5.74) is 0. The third-order valence-corrected chi connectivity index (χ3v) is 7.07. The van der Waals surface area contributed by atoms with Crippen LogP contribution in [0.15, 0.2) is 24.7 Å². The third kappa shape index (κ3) is 5.16. The number of ether oxygens (including phenoxy) is 1. The van der Waals surface area contributed by atoms with Crippen molar-refractivity contribution in [3.63, 3.8) is 0 Å². The van der Waals surface area contributed by atoms with Gasteiger partial charge in [0.25, 0.3) is 0 Å². The Labute approximate surface area is 99.3 Å². The van der Waals surface area contributed by atoms with Gasteiger partial charge in [-0.15, -0.1) is 0 Å². The van der Waals surface area contributed by atoms with Gasteiger partial charge in [0.15, 0.2) is 0 Å². The minimum atomic E-state index is -1.84. The lowest BCUT2D eigenvalue weighted by Crippen LogP contribution is -2.40. The lowest BCUT2D eigenvalue weighted by atomic mass is 10.2. The van der Waals surface area contributed by atoms with E-state index in [2.05, 4.69) is 45.2 Å². The Balaban J connectivity index is 4.36. The second-order valence-electron chi connectivity index (χ2n) is 5.24. The molecule has 16 heavy (non-hydrogen) atoms. The highest BCUT2D eigenvalue weighted by Crippen LogP contribution is 2.37. The van der Waals surface area contributed by atoms with Crippen molar-refractivity contribution < 1.29 is 14.0 Å². The first-order valence-electron chi connectivity index (χ1n) is 5.28. The molecule has 0 saturated heterocycles. The smallest absolute Gasteiger partial charge is 0.307 e. The van der Waals surface area contributed by atoms with E-state index in [4.69, 9.17) is 4.43 Å². The van der Waals surface area contributed by atoms with Crippen LogP contribution < -0.4 is 0 Å². The summed E-state index contributed by atoms with van der Waals surface area (Å²) in [4.78, 5) is 10.5. The number of hydrogen-bond acceptors (Lipinski definition) is 3. The summed E-state index contributed by atoms with van der Waals surface area (Å²) < 4.78 is 10.5. The van der Waals surface area contributed by atoms with Crippen LogP contribution in [0.25, 0.3) is 0 Å². The van der Waals surface area contributed by atoms with E-state index in [0.29, 0.717) is 5.76 Å². The molecular weight excluding hydrogens is 220 g/mol. The van der Waals surface area contributed by atoms with Gasteiger partial charge in [0.2, 0.25) is 8.32 Å². The van der Waals surface area contributed by atoms with Gasteiger partial charge in [0.1, 0.15) is 0 Å². The maximum atomic E-state index is 10.5. The molecule has 0 heterocycles. The first-order valence-corrected chi connectivity index (χ1v) is 8.19. The van der Waals surface area contributed by atoms with E-state index >= 15 is 0 Å². The van der Waals surface area contributed by atoms with Crippen LogP contribution in [0, 0.1) is 0 Å². The topological polar surface area (TPSA) is 35.5 Å². The summed E-state index contributed by atoms with van der Waals surface area (Å²) in [6.07, 6.45) is 2.87. The Morgan fingerprint density at radius 1 is 1.31 bits per heavy atom. The van der Waals surface area contributed by atoms with Crippen molar-refractivity contribution in [3.8, 4) is 0 Å². The Morgan fingerprint density at radius 3 is 2.19 bits per heavy atom. The maximum Gasteiger partial charge on any atom is 0.307 e. The molecular formula is C12H22O3Si.